The van der Waals surface area contributed by atoms with Crippen molar-refractivity contribution >= 4 is 11.9 Å². The molecule has 4 atom stereocenters. The van der Waals surface area contributed by atoms with Crippen LogP contribution in [0.5, 0.6) is 0 Å². The van der Waals surface area contributed by atoms with Gasteiger partial charge in [0.25, 0.3) is 0 Å². The smallest absolute Gasteiger partial charge is 0.307 e. The summed E-state index contributed by atoms with van der Waals surface area (Å²) in [6.45, 7) is 2.61. The van der Waals surface area contributed by atoms with Crippen LogP contribution in [0.4, 0.5) is 4.39 Å². The molecule has 1 N–H and O–H groups in total. The molecule has 4 nitrogen and oxygen atoms in total. The zero-order valence-corrected chi connectivity index (χ0v) is 12.5. The van der Waals surface area contributed by atoms with Crippen molar-refractivity contribution < 1.29 is 19.1 Å². The number of carbonyl (C=O) groups excluding carboxylic acids is 1. The molecule has 3 rings (SSSR count). The van der Waals surface area contributed by atoms with Crippen LogP contribution >= 0.6 is 0 Å². The maximum Gasteiger partial charge on any atom is 0.307 e. The Balaban J connectivity index is 1.84. The summed E-state index contributed by atoms with van der Waals surface area (Å²) in [5.74, 6) is -2.07. The average molecular weight is 305 g/mol. The Morgan fingerprint density at radius 1 is 1.23 bits per heavy atom. The normalized spacial score (nSPS) is 30.9. The highest BCUT2D eigenvalue weighted by atomic mass is 19.1. The van der Waals surface area contributed by atoms with Crippen molar-refractivity contribution in [2.45, 2.75) is 32.2 Å². The molecular weight excluding hydrogens is 285 g/mol. The number of carbonyl (C=O) groups is 2. The number of carboxylic acid groups (broad SMARTS) is 1. The lowest BCUT2D eigenvalue weighted by atomic mass is 9.72. The second kappa shape index (κ2) is 5.71. The fraction of sp³-hybridized carbons (Fsp3) is 0.529. The molecule has 1 aromatic rings. The molecule has 0 aromatic heterocycles. The first-order chi connectivity index (χ1) is 10.5. The van der Waals surface area contributed by atoms with Crippen LogP contribution in [0.25, 0.3) is 0 Å². The Morgan fingerprint density at radius 3 is 2.50 bits per heavy atom. The van der Waals surface area contributed by atoms with Crippen molar-refractivity contribution in [1.82, 2.24) is 4.90 Å². The Hall–Kier alpha value is -1.91. The van der Waals surface area contributed by atoms with Gasteiger partial charge in [0.05, 0.1) is 17.9 Å². The fourth-order valence-electron chi connectivity index (χ4n) is 3.63. The molecule has 4 unspecified atom stereocenters. The second-order valence-electron chi connectivity index (χ2n) is 6.50. The first-order valence-corrected chi connectivity index (χ1v) is 7.76. The number of aliphatic carboxylic acids is 1. The van der Waals surface area contributed by atoms with Crippen LogP contribution in [0.3, 0.4) is 0 Å². The molecule has 1 heterocycles. The lowest BCUT2D eigenvalue weighted by molar-refractivity contribution is -0.157. The lowest BCUT2D eigenvalue weighted by Crippen LogP contribution is -2.46. The average Bonchev–Trinajstić information content (AvgIpc) is 2.79. The molecule has 1 aliphatic heterocycles. The highest BCUT2D eigenvalue weighted by Crippen LogP contribution is 2.42. The first kappa shape index (κ1) is 15.0. The second-order valence-corrected chi connectivity index (χ2v) is 6.50. The van der Waals surface area contributed by atoms with Crippen LogP contribution in [0, 0.1) is 23.6 Å². The van der Waals surface area contributed by atoms with Crippen molar-refractivity contribution in [3.63, 3.8) is 0 Å². The van der Waals surface area contributed by atoms with Crippen LogP contribution in [0.15, 0.2) is 24.3 Å². The van der Waals surface area contributed by atoms with E-state index in [1.165, 1.54) is 6.07 Å². The molecule has 1 saturated heterocycles. The molecule has 5 heteroatoms. The van der Waals surface area contributed by atoms with Gasteiger partial charge in [0.15, 0.2) is 0 Å². The predicted molar refractivity (Wildman–Crippen MR) is 78.5 cm³/mol. The third kappa shape index (κ3) is 2.49. The maximum absolute atomic E-state index is 14.1. The summed E-state index contributed by atoms with van der Waals surface area (Å²) in [4.78, 5) is 25.6. The molecule has 0 radical (unpaired) electrons. The number of likely N-dealkylation sites (tertiary alicyclic amines) is 1. The minimum Gasteiger partial charge on any atom is -0.481 e. The third-order valence-electron chi connectivity index (χ3n) is 4.97. The van der Waals surface area contributed by atoms with E-state index in [2.05, 4.69) is 0 Å². The van der Waals surface area contributed by atoms with E-state index >= 15 is 0 Å². The summed E-state index contributed by atoms with van der Waals surface area (Å²) in [5.41, 5.74) is 0.534. The van der Waals surface area contributed by atoms with Crippen LogP contribution < -0.4 is 0 Å². The molecule has 2 aliphatic rings. The Bertz CT molecular complexity index is 603. The topological polar surface area (TPSA) is 57.6 Å². The summed E-state index contributed by atoms with van der Waals surface area (Å²) in [7, 11) is 0. The number of hydrogen-bond donors (Lipinski definition) is 1. The molecular formula is C17H20FNO3. The molecule has 1 aliphatic carbocycles. The molecule has 2 fully saturated rings. The number of hydrogen-bond acceptors (Lipinski definition) is 2. The van der Waals surface area contributed by atoms with E-state index in [1.54, 1.807) is 23.1 Å². The number of amides is 1. The summed E-state index contributed by atoms with van der Waals surface area (Å²) in [6.07, 6.45) is 1.89. The standard InChI is InChI=1S/C17H20FNO3/c1-10-8-15(13-4-2-3-5-14(13)18)19(9-10)16(20)11-6-7-12(11)17(21)22/h2-5,10-12,15H,6-9H2,1H3,(H,21,22). The fourth-order valence-corrected chi connectivity index (χ4v) is 3.63. The van der Waals surface area contributed by atoms with Crippen LogP contribution in [0.2, 0.25) is 0 Å². The van der Waals surface area contributed by atoms with Crippen molar-refractivity contribution in [2.24, 2.45) is 17.8 Å². The molecule has 22 heavy (non-hydrogen) atoms. The van der Waals surface area contributed by atoms with Crippen LogP contribution in [0.1, 0.15) is 37.8 Å². The molecule has 0 spiro atoms. The van der Waals surface area contributed by atoms with E-state index < -0.39 is 17.8 Å². The number of halogens is 1. The Labute approximate surface area is 128 Å². The monoisotopic (exact) mass is 305 g/mol. The van der Waals surface area contributed by atoms with Crippen molar-refractivity contribution in [3.8, 4) is 0 Å². The summed E-state index contributed by atoms with van der Waals surface area (Å²) < 4.78 is 14.1. The summed E-state index contributed by atoms with van der Waals surface area (Å²) in [6, 6.07) is 6.25. The van der Waals surface area contributed by atoms with E-state index in [1.807, 2.05) is 6.92 Å². The van der Waals surface area contributed by atoms with E-state index in [0.717, 1.165) is 6.42 Å². The largest absolute Gasteiger partial charge is 0.481 e. The Kier molecular flexibility index (Phi) is 3.89. The van der Waals surface area contributed by atoms with Gasteiger partial charge in [-0.25, -0.2) is 4.39 Å². The number of rotatable bonds is 3. The predicted octanol–water partition coefficient (Wildman–Crippen LogP) is 2.85. The first-order valence-electron chi connectivity index (χ1n) is 7.76. The van der Waals surface area contributed by atoms with Crippen molar-refractivity contribution in [3.05, 3.63) is 35.6 Å². The maximum atomic E-state index is 14.1. The minimum atomic E-state index is -0.903. The molecule has 0 bridgehead atoms. The van der Waals surface area contributed by atoms with Crippen LogP contribution in [-0.2, 0) is 9.59 Å². The van der Waals surface area contributed by atoms with E-state index in [0.29, 0.717) is 24.9 Å². The van der Waals surface area contributed by atoms with Crippen molar-refractivity contribution in [1.29, 1.82) is 0 Å². The zero-order chi connectivity index (χ0) is 15.9. The van der Waals surface area contributed by atoms with Gasteiger partial charge in [-0.15, -0.1) is 0 Å². The molecule has 1 saturated carbocycles. The van der Waals surface area contributed by atoms with Gasteiger partial charge in [0.2, 0.25) is 5.91 Å². The van der Waals surface area contributed by atoms with Gasteiger partial charge in [-0.3, -0.25) is 9.59 Å². The number of benzene rings is 1. The molecule has 1 aromatic carbocycles. The van der Waals surface area contributed by atoms with Gasteiger partial charge in [-0.1, -0.05) is 25.1 Å². The number of carboxylic acids is 1. The Morgan fingerprint density at radius 2 is 1.91 bits per heavy atom. The van der Waals surface area contributed by atoms with Gasteiger partial charge in [-0.2, -0.15) is 0 Å². The lowest BCUT2D eigenvalue weighted by Gasteiger charge is -2.37. The third-order valence-corrected chi connectivity index (χ3v) is 4.97. The van der Waals surface area contributed by atoms with Gasteiger partial charge >= 0.3 is 5.97 Å². The highest BCUT2D eigenvalue weighted by Gasteiger charge is 2.46. The van der Waals surface area contributed by atoms with E-state index in [-0.39, 0.29) is 23.7 Å². The highest BCUT2D eigenvalue weighted by molar-refractivity contribution is 5.86. The van der Waals surface area contributed by atoms with Crippen molar-refractivity contribution in [2.75, 3.05) is 6.54 Å². The number of nitrogens with zero attached hydrogens (tertiary/aromatic N) is 1. The zero-order valence-electron chi connectivity index (χ0n) is 12.5. The van der Waals surface area contributed by atoms with Crippen LogP contribution in [-0.4, -0.2) is 28.4 Å². The van der Waals surface area contributed by atoms with E-state index in [4.69, 9.17) is 5.11 Å². The summed E-state index contributed by atoms with van der Waals surface area (Å²) in [5, 5.41) is 9.14. The van der Waals surface area contributed by atoms with Gasteiger partial charge < -0.3 is 10.0 Å². The van der Waals surface area contributed by atoms with Gasteiger partial charge in [0.1, 0.15) is 5.82 Å². The minimum absolute atomic E-state index is 0.128. The van der Waals surface area contributed by atoms with Gasteiger partial charge in [0, 0.05) is 12.1 Å². The SMILES string of the molecule is CC1CC(c2ccccc2F)N(C(=O)C2CCC2C(=O)O)C1. The summed E-state index contributed by atoms with van der Waals surface area (Å²) >= 11 is 0. The van der Waals surface area contributed by atoms with E-state index in [9.17, 15) is 14.0 Å². The quantitative estimate of drug-likeness (QED) is 0.934. The molecule has 1 amide bonds. The van der Waals surface area contributed by atoms with Gasteiger partial charge in [-0.05, 0) is 31.2 Å². The molecule has 118 valence electrons.